The molecule has 2 aliphatic rings. The van der Waals surface area contributed by atoms with Crippen molar-refractivity contribution < 1.29 is 23.4 Å². The summed E-state index contributed by atoms with van der Waals surface area (Å²) in [4.78, 5) is 16.6. The second kappa shape index (κ2) is 7.44. The number of rotatable bonds is 3. The number of carbonyl (C=O) groups is 1. The van der Waals surface area contributed by atoms with E-state index in [0.717, 1.165) is 38.4 Å². The van der Waals surface area contributed by atoms with Gasteiger partial charge in [0.25, 0.3) is 5.91 Å². The number of hydrogen-bond donors (Lipinski definition) is 1. The molecule has 1 N–H and O–H groups in total. The van der Waals surface area contributed by atoms with Gasteiger partial charge in [-0.15, -0.1) is 0 Å². The number of morpholine rings is 1. The lowest BCUT2D eigenvalue weighted by molar-refractivity contribution is 0.0164. The molecule has 2 fully saturated rings. The van der Waals surface area contributed by atoms with E-state index in [-0.39, 0.29) is 6.04 Å². The standard InChI is InChI=1S/C17H22F2N2O3/c18-12-9-14(19)16(15(22)10-12)17(23)21-4-2-1-3-13(21)11-20-5-7-24-8-6-20/h9-10,13,22H,1-8,11H2. The van der Waals surface area contributed by atoms with Gasteiger partial charge >= 0.3 is 0 Å². The molecule has 0 spiro atoms. The highest BCUT2D eigenvalue weighted by Gasteiger charge is 2.32. The lowest BCUT2D eigenvalue weighted by Crippen LogP contribution is -2.51. The predicted octanol–water partition coefficient (Wildman–Crippen LogP) is 2.00. The molecule has 0 aromatic heterocycles. The number of aromatic hydroxyl groups is 1. The summed E-state index contributed by atoms with van der Waals surface area (Å²) >= 11 is 0. The van der Waals surface area contributed by atoms with Crippen molar-refractivity contribution in [2.45, 2.75) is 25.3 Å². The molecule has 0 aliphatic carbocycles. The molecule has 1 aromatic rings. The molecule has 1 aromatic carbocycles. The average molecular weight is 340 g/mol. The fourth-order valence-corrected chi connectivity index (χ4v) is 3.45. The van der Waals surface area contributed by atoms with Gasteiger partial charge in [0.1, 0.15) is 22.9 Å². The van der Waals surface area contributed by atoms with Crippen LogP contribution in [-0.4, -0.2) is 66.2 Å². The minimum atomic E-state index is -1.02. The van der Waals surface area contributed by atoms with Gasteiger partial charge in [0.15, 0.2) is 0 Å². The number of phenols is 1. The highest BCUT2D eigenvalue weighted by Crippen LogP contribution is 2.27. The van der Waals surface area contributed by atoms with E-state index in [0.29, 0.717) is 32.4 Å². The molecule has 3 rings (SSSR count). The Morgan fingerprint density at radius 3 is 2.67 bits per heavy atom. The highest BCUT2D eigenvalue weighted by atomic mass is 19.1. The second-order valence-electron chi connectivity index (χ2n) is 6.34. The van der Waals surface area contributed by atoms with Gasteiger partial charge in [-0.25, -0.2) is 8.78 Å². The van der Waals surface area contributed by atoms with Crippen LogP contribution in [0.25, 0.3) is 0 Å². The number of amides is 1. The second-order valence-corrected chi connectivity index (χ2v) is 6.34. The molecule has 1 amide bonds. The van der Waals surface area contributed by atoms with Gasteiger partial charge in [-0.2, -0.15) is 0 Å². The third kappa shape index (κ3) is 3.67. The number of ether oxygens (including phenoxy) is 1. The molecule has 132 valence electrons. The van der Waals surface area contributed by atoms with Crippen molar-refractivity contribution in [2.75, 3.05) is 39.4 Å². The topological polar surface area (TPSA) is 53.0 Å². The van der Waals surface area contributed by atoms with E-state index in [1.807, 2.05) is 0 Å². The van der Waals surface area contributed by atoms with Gasteiger partial charge in [0.05, 0.1) is 13.2 Å². The van der Waals surface area contributed by atoms with Crippen molar-refractivity contribution in [3.05, 3.63) is 29.3 Å². The van der Waals surface area contributed by atoms with Gasteiger partial charge in [0.2, 0.25) is 0 Å². The van der Waals surface area contributed by atoms with Crippen LogP contribution in [0.3, 0.4) is 0 Å². The number of nitrogens with zero attached hydrogens (tertiary/aromatic N) is 2. The first-order chi connectivity index (χ1) is 11.6. The number of benzene rings is 1. The summed E-state index contributed by atoms with van der Waals surface area (Å²) in [5, 5.41) is 9.83. The van der Waals surface area contributed by atoms with E-state index < -0.39 is 28.9 Å². The summed E-state index contributed by atoms with van der Waals surface area (Å²) in [6, 6.07) is 1.37. The van der Waals surface area contributed by atoms with Crippen LogP contribution in [0.5, 0.6) is 5.75 Å². The fraction of sp³-hybridized carbons (Fsp3) is 0.588. The van der Waals surface area contributed by atoms with E-state index in [1.165, 1.54) is 0 Å². The molecule has 1 atom stereocenters. The van der Waals surface area contributed by atoms with Crippen molar-refractivity contribution in [2.24, 2.45) is 0 Å². The molecule has 2 aliphatic heterocycles. The van der Waals surface area contributed by atoms with E-state index in [9.17, 15) is 18.7 Å². The normalized spacial score (nSPS) is 22.6. The maximum Gasteiger partial charge on any atom is 0.260 e. The number of likely N-dealkylation sites (tertiary alicyclic amines) is 1. The largest absolute Gasteiger partial charge is 0.507 e. The molecule has 24 heavy (non-hydrogen) atoms. The van der Waals surface area contributed by atoms with Crippen molar-refractivity contribution in [3.63, 3.8) is 0 Å². The van der Waals surface area contributed by atoms with Crippen LogP contribution in [0.15, 0.2) is 12.1 Å². The zero-order valence-corrected chi connectivity index (χ0v) is 13.5. The molecule has 0 radical (unpaired) electrons. The first kappa shape index (κ1) is 17.1. The van der Waals surface area contributed by atoms with Crippen molar-refractivity contribution >= 4 is 5.91 Å². The lowest BCUT2D eigenvalue weighted by Gasteiger charge is -2.39. The highest BCUT2D eigenvalue weighted by molar-refractivity contribution is 5.97. The Labute approximate surface area is 139 Å². The lowest BCUT2D eigenvalue weighted by atomic mass is 9.99. The third-order valence-corrected chi connectivity index (χ3v) is 4.71. The van der Waals surface area contributed by atoms with Crippen LogP contribution in [-0.2, 0) is 4.74 Å². The Balaban J connectivity index is 1.78. The van der Waals surface area contributed by atoms with Crippen LogP contribution in [0.4, 0.5) is 8.78 Å². The summed E-state index contributed by atoms with van der Waals surface area (Å²) in [6.45, 7) is 4.20. The van der Waals surface area contributed by atoms with E-state index in [2.05, 4.69) is 4.90 Å². The third-order valence-electron chi connectivity index (χ3n) is 4.71. The molecule has 5 nitrogen and oxygen atoms in total. The van der Waals surface area contributed by atoms with Gasteiger partial charge in [-0.3, -0.25) is 9.69 Å². The van der Waals surface area contributed by atoms with Gasteiger partial charge in [-0.1, -0.05) is 0 Å². The molecule has 0 saturated carbocycles. The summed E-state index contributed by atoms with van der Waals surface area (Å²) in [7, 11) is 0. The molecule has 7 heteroatoms. The Kier molecular flexibility index (Phi) is 5.30. The maximum atomic E-state index is 14.0. The fourth-order valence-electron chi connectivity index (χ4n) is 3.45. The average Bonchev–Trinajstić information content (AvgIpc) is 2.55. The Bertz CT molecular complexity index is 582. The monoisotopic (exact) mass is 340 g/mol. The minimum absolute atomic E-state index is 0.0341. The van der Waals surface area contributed by atoms with Crippen LogP contribution < -0.4 is 0 Å². The summed E-state index contributed by atoms with van der Waals surface area (Å²) in [5.74, 6) is -3.13. The van der Waals surface area contributed by atoms with Crippen molar-refractivity contribution in [1.82, 2.24) is 9.80 Å². The first-order valence-electron chi connectivity index (χ1n) is 8.35. The van der Waals surface area contributed by atoms with Crippen LogP contribution in [0.1, 0.15) is 29.6 Å². The van der Waals surface area contributed by atoms with Crippen LogP contribution >= 0.6 is 0 Å². The number of phenolic OH excluding ortho intramolecular Hbond substituents is 1. The summed E-state index contributed by atoms with van der Waals surface area (Å²) in [6.07, 6.45) is 2.69. The van der Waals surface area contributed by atoms with Crippen molar-refractivity contribution in [1.29, 1.82) is 0 Å². The number of piperidine rings is 1. The predicted molar refractivity (Wildman–Crippen MR) is 84.0 cm³/mol. The van der Waals surface area contributed by atoms with Crippen LogP contribution in [0.2, 0.25) is 0 Å². The molecule has 2 saturated heterocycles. The van der Waals surface area contributed by atoms with Gasteiger partial charge in [0, 0.05) is 44.4 Å². The maximum absolute atomic E-state index is 14.0. The van der Waals surface area contributed by atoms with Gasteiger partial charge in [-0.05, 0) is 19.3 Å². The minimum Gasteiger partial charge on any atom is -0.507 e. The summed E-state index contributed by atoms with van der Waals surface area (Å²) < 4.78 is 32.5. The Morgan fingerprint density at radius 2 is 1.96 bits per heavy atom. The SMILES string of the molecule is O=C(c1c(O)cc(F)cc1F)N1CCCCC1CN1CCOCC1. The Hall–Kier alpha value is -1.73. The van der Waals surface area contributed by atoms with E-state index >= 15 is 0 Å². The molecular weight excluding hydrogens is 318 g/mol. The quantitative estimate of drug-likeness (QED) is 0.914. The molecular formula is C17H22F2N2O3. The smallest absolute Gasteiger partial charge is 0.260 e. The van der Waals surface area contributed by atoms with E-state index in [1.54, 1.807) is 4.90 Å². The molecule has 0 bridgehead atoms. The van der Waals surface area contributed by atoms with Crippen molar-refractivity contribution in [3.8, 4) is 5.75 Å². The number of hydrogen-bond acceptors (Lipinski definition) is 4. The molecule has 2 heterocycles. The zero-order valence-electron chi connectivity index (χ0n) is 13.5. The first-order valence-corrected chi connectivity index (χ1v) is 8.35. The summed E-state index contributed by atoms with van der Waals surface area (Å²) in [5.41, 5.74) is -0.440. The van der Waals surface area contributed by atoms with Gasteiger partial charge < -0.3 is 14.7 Å². The zero-order chi connectivity index (χ0) is 17.1. The Morgan fingerprint density at radius 1 is 1.21 bits per heavy atom. The number of carbonyl (C=O) groups excluding carboxylic acids is 1. The molecule has 1 unspecified atom stereocenters. The van der Waals surface area contributed by atoms with Crippen LogP contribution in [0, 0.1) is 11.6 Å². The number of halogens is 2. The van der Waals surface area contributed by atoms with E-state index in [4.69, 9.17) is 4.74 Å².